The SMILES string of the molecule is CCc1nc(C)cc2nc(P)nc(N3CCOCC(C)C3)c12. The first-order valence-corrected chi connectivity index (χ1v) is 8.42. The largest absolute Gasteiger partial charge is 0.379 e. The summed E-state index contributed by atoms with van der Waals surface area (Å²) in [6.45, 7) is 9.73. The minimum Gasteiger partial charge on any atom is -0.379 e. The Balaban J connectivity index is 2.19. The topological polar surface area (TPSA) is 51.1 Å². The molecule has 1 fully saturated rings. The van der Waals surface area contributed by atoms with Crippen LogP contribution in [0.5, 0.6) is 0 Å². The second-order valence-electron chi connectivity index (χ2n) is 5.99. The van der Waals surface area contributed by atoms with E-state index in [0.29, 0.717) is 5.92 Å². The van der Waals surface area contributed by atoms with Crippen LogP contribution in [0.15, 0.2) is 6.07 Å². The molecule has 5 nitrogen and oxygen atoms in total. The average Bonchev–Trinajstić information content (AvgIpc) is 2.69. The number of fused-ring (bicyclic) bond motifs is 1. The molecular weight excluding hydrogens is 295 g/mol. The highest BCUT2D eigenvalue weighted by Crippen LogP contribution is 2.27. The van der Waals surface area contributed by atoms with Crippen LogP contribution in [-0.2, 0) is 11.2 Å². The summed E-state index contributed by atoms with van der Waals surface area (Å²) < 4.78 is 5.67. The van der Waals surface area contributed by atoms with E-state index in [4.69, 9.17) is 14.7 Å². The number of hydrogen-bond donors (Lipinski definition) is 0. The van der Waals surface area contributed by atoms with Crippen LogP contribution in [0.4, 0.5) is 5.82 Å². The van der Waals surface area contributed by atoms with E-state index in [-0.39, 0.29) is 0 Å². The quantitative estimate of drug-likeness (QED) is 0.791. The third kappa shape index (κ3) is 3.06. The molecule has 0 spiro atoms. The Morgan fingerprint density at radius 2 is 2.18 bits per heavy atom. The zero-order chi connectivity index (χ0) is 15.7. The van der Waals surface area contributed by atoms with Crippen molar-refractivity contribution in [1.29, 1.82) is 0 Å². The Morgan fingerprint density at radius 1 is 1.36 bits per heavy atom. The van der Waals surface area contributed by atoms with Crippen LogP contribution >= 0.6 is 9.24 Å². The van der Waals surface area contributed by atoms with Crippen molar-refractivity contribution in [3.05, 3.63) is 17.5 Å². The third-order valence-corrected chi connectivity index (χ3v) is 4.21. The van der Waals surface area contributed by atoms with Crippen LogP contribution in [0, 0.1) is 12.8 Å². The first kappa shape index (κ1) is 15.6. The molecule has 0 bridgehead atoms. The van der Waals surface area contributed by atoms with Crippen LogP contribution < -0.4 is 10.5 Å². The fourth-order valence-electron chi connectivity index (χ4n) is 3.02. The molecular formula is C16H23N4OP. The summed E-state index contributed by atoms with van der Waals surface area (Å²) in [4.78, 5) is 16.3. The highest BCUT2D eigenvalue weighted by molar-refractivity contribution is 7.26. The minimum absolute atomic E-state index is 0.490. The van der Waals surface area contributed by atoms with Crippen molar-refractivity contribution >= 4 is 31.5 Å². The Hall–Kier alpha value is -1.32. The lowest BCUT2D eigenvalue weighted by Crippen LogP contribution is -2.31. The van der Waals surface area contributed by atoms with Crippen molar-refractivity contribution in [2.24, 2.45) is 5.92 Å². The van der Waals surface area contributed by atoms with Gasteiger partial charge < -0.3 is 9.64 Å². The number of aromatic nitrogens is 3. The van der Waals surface area contributed by atoms with E-state index in [1.807, 2.05) is 13.0 Å². The summed E-state index contributed by atoms with van der Waals surface area (Å²) >= 11 is 0. The highest BCUT2D eigenvalue weighted by atomic mass is 31.0. The van der Waals surface area contributed by atoms with Crippen LogP contribution in [-0.4, -0.2) is 41.3 Å². The number of anilines is 1. The molecule has 118 valence electrons. The van der Waals surface area contributed by atoms with E-state index in [1.165, 1.54) is 0 Å². The van der Waals surface area contributed by atoms with Crippen molar-refractivity contribution in [3.8, 4) is 0 Å². The molecule has 0 radical (unpaired) electrons. The summed E-state index contributed by atoms with van der Waals surface area (Å²) in [7, 11) is 2.62. The molecule has 2 unspecified atom stereocenters. The van der Waals surface area contributed by atoms with Crippen LogP contribution in [0.2, 0.25) is 0 Å². The third-order valence-electron chi connectivity index (χ3n) is 3.96. The van der Waals surface area contributed by atoms with Gasteiger partial charge in [0.05, 0.1) is 29.8 Å². The zero-order valence-corrected chi connectivity index (χ0v) is 14.6. The maximum atomic E-state index is 5.67. The van der Waals surface area contributed by atoms with Gasteiger partial charge in [0.2, 0.25) is 0 Å². The first-order chi connectivity index (χ1) is 10.6. The second kappa shape index (κ2) is 6.43. The van der Waals surface area contributed by atoms with Gasteiger partial charge in [-0.2, -0.15) is 0 Å². The smallest absolute Gasteiger partial charge is 0.147 e. The van der Waals surface area contributed by atoms with Crippen LogP contribution in [0.1, 0.15) is 25.2 Å². The number of rotatable bonds is 2. The molecule has 0 aromatic carbocycles. The fourth-order valence-corrected chi connectivity index (χ4v) is 3.28. The zero-order valence-electron chi connectivity index (χ0n) is 13.5. The van der Waals surface area contributed by atoms with Crippen molar-refractivity contribution in [2.45, 2.75) is 27.2 Å². The molecule has 6 heteroatoms. The number of nitrogens with zero attached hydrogens (tertiary/aromatic N) is 4. The molecule has 2 aromatic heterocycles. The second-order valence-corrected chi connectivity index (χ2v) is 6.51. The predicted molar refractivity (Wildman–Crippen MR) is 93.0 cm³/mol. The van der Waals surface area contributed by atoms with Gasteiger partial charge in [0.25, 0.3) is 0 Å². The molecule has 0 amide bonds. The van der Waals surface area contributed by atoms with Gasteiger partial charge in [0.1, 0.15) is 11.4 Å². The van der Waals surface area contributed by atoms with Gasteiger partial charge >= 0.3 is 0 Å². The van der Waals surface area contributed by atoms with Gasteiger partial charge in [-0.25, -0.2) is 9.97 Å². The van der Waals surface area contributed by atoms with E-state index < -0.39 is 0 Å². The van der Waals surface area contributed by atoms with E-state index >= 15 is 0 Å². The molecule has 1 aliphatic heterocycles. The van der Waals surface area contributed by atoms with Gasteiger partial charge in [-0.15, -0.1) is 0 Å². The summed E-state index contributed by atoms with van der Waals surface area (Å²) in [5.74, 6) is 1.49. The molecule has 1 saturated heterocycles. The molecule has 0 aliphatic carbocycles. The van der Waals surface area contributed by atoms with E-state index in [0.717, 1.165) is 66.4 Å². The molecule has 3 rings (SSSR count). The van der Waals surface area contributed by atoms with Crippen molar-refractivity contribution in [2.75, 3.05) is 31.2 Å². The summed E-state index contributed by atoms with van der Waals surface area (Å²) in [5.41, 5.74) is 3.80. The van der Waals surface area contributed by atoms with Gasteiger partial charge in [0, 0.05) is 18.8 Å². The molecule has 2 aromatic rings. The van der Waals surface area contributed by atoms with Crippen LogP contribution in [0.25, 0.3) is 10.9 Å². The van der Waals surface area contributed by atoms with Gasteiger partial charge in [-0.3, -0.25) is 4.98 Å². The maximum Gasteiger partial charge on any atom is 0.147 e. The lowest BCUT2D eigenvalue weighted by molar-refractivity contribution is 0.129. The first-order valence-electron chi connectivity index (χ1n) is 7.85. The Labute approximate surface area is 133 Å². The Morgan fingerprint density at radius 3 is 2.95 bits per heavy atom. The lowest BCUT2D eigenvalue weighted by atomic mass is 10.1. The van der Waals surface area contributed by atoms with Gasteiger partial charge in [0.15, 0.2) is 0 Å². The summed E-state index contributed by atoms with van der Waals surface area (Å²) in [6, 6.07) is 2.05. The normalized spacial score (nSPS) is 19.5. The van der Waals surface area contributed by atoms with Crippen LogP contribution in [0.3, 0.4) is 0 Å². The predicted octanol–water partition coefficient (Wildman–Crippen LogP) is 1.87. The van der Waals surface area contributed by atoms with E-state index in [9.17, 15) is 0 Å². The van der Waals surface area contributed by atoms with Crippen molar-refractivity contribution in [3.63, 3.8) is 0 Å². The Bertz CT molecular complexity index is 686. The van der Waals surface area contributed by atoms with Gasteiger partial charge in [-0.1, -0.05) is 23.1 Å². The molecule has 2 atom stereocenters. The maximum absolute atomic E-state index is 5.67. The van der Waals surface area contributed by atoms with E-state index in [2.05, 4.69) is 33.0 Å². The number of aryl methyl sites for hydroxylation is 2. The Kier molecular flexibility index (Phi) is 4.55. The highest BCUT2D eigenvalue weighted by Gasteiger charge is 2.21. The average molecular weight is 318 g/mol. The number of pyridine rings is 1. The fraction of sp³-hybridized carbons (Fsp3) is 0.562. The summed E-state index contributed by atoms with van der Waals surface area (Å²) in [5, 5.41) is 1.09. The lowest BCUT2D eigenvalue weighted by Gasteiger charge is -2.25. The van der Waals surface area contributed by atoms with E-state index in [1.54, 1.807) is 0 Å². The monoisotopic (exact) mass is 318 g/mol. The minimum atomic E-state index is 0.490. The molecule has 0 N–H and O–H groups in total. The standard InChI is InChI=1S/C16H23N4OP/c1-4-12-14-13(7-11(3)17-12)18-16(22)19-15(14)20-5-6-21-9-10(2)8-20/h7,10H,4-6,8-9,22H2,1-3H3. The summed E-state index contributed by atoms with van der Waals surface area (Å²) in [6.07, 6.45) is 0.880. The molecule has 22 heavy (non-hydrogen) atoms. The molecule has 1 aliphatic rings. The van der Waals surface area contributed by atoms with Gasteiger partial charge in [-0.05, 0) is 25.3 Å². The van der Waals surface area contributed by atoms with Crippen molar-refractivity contribution in [1.82, 2.24) is 15.0 Å². The molecule has 3 heterocycles. The number of ether oxygens (including phenoxy) is 1. The van der Waals surface area contributed by atoms with Crippen molar-refractivity contribution < 1.29 is 4.74 Å². The molecule has 0 saturated carbocycles. The number of hydrogen-bond acceptors (Lipinski definition) is 5.